The van der Waals surface area contributed by atoms with Gasteiger partial charge in [0.2, 0.25) is 0 Å². The average molecular weight is 245 g/mol. The first-order valence-electron chi connectivity index (χ1n) is 6.91. The lowest BCUT2D eigenvalue weighted by atomic mass is 9.80. The molecule has 1 aliphatic carbocycles. The highest BCUT2D eigenvalue weighted by atomic mass is 15.1. The third-order valence-corrected chi connectivity index (χ3v) is 4.69. The third kappa shape index (κ3) is 2.12. The summed E-state index contributed by atoms with van der Waals surface area (Å²) in [7, 11) is 0. The highest BCUT2D eigenvalue weighted by molar-refractivity contribution is 5.57. The molecule has 0 radical (unpaired) electrons. The molecule has 1 aromatic heterocycles. The number of nitrogens with zero attached hydrogens (tertiary/aromatic N) is 2. The summed E-state index contributed by atoms with van der Waals surface area (Å²) in [6.45, 7) is 7.38. The fourth-order valence-corrected chi connectivity index (χ4v) is 3.17. The van der Waals surface area contributed by atoms with Gasteiger partial charge in [0.05, 0.1) is 5.56 Å². The first kappa shape index (κ1) is 13.0. The van der Waals surface area contributed by atoms with E-state index in [1.165, 1.54) is 25.7 Å². The normalized spacial score (nSPS) is 23.9. The highest BCUT2D eigenvalue weighted by Gasteiger charge is 2.24. The van der Waals surface area contributed by atoms with Crippen molar-refractivity contribution >= 4 is 5.82 Å². The van der Waals surface area contributed by atoms with Crippen LogP contribution in [0.25, 0.3) is 0 Å². The van der Waals surface area contributed by atoms with Gasteiger partial charge >= 0.3 is 0 Å². The summed E-state index contributed by atoms with van der Waals surface area (Å²) < 4.78 is 2.15. The first-order chi connectivity index (χ1) is 8.56. The van der Waals surface area contributed by atoms with Gasteiger partial charge in [0.15, 0.2) is 0 Å². The molecule has 3 heteroatoms. The molecule has 0 aliphatic heterocycles. The molecule has 18 heavy (non-hydrogen) atoms. The summed E-state index contributed by atoms with van der Waals surface area (Å²) in [5.74, 6) is 2.13. The molecule has 2 N–H and O–H groups in total. The van der Waals surface area contributed by atoms with Crippen LogP contribution in [-0.4, -0.2) is 4.57 Å². The fraction of sp³-hybridized carbons (Fsp3) is 0.667. The molecule has 0 saturated heterocycles. The van der Waals surface area contributed by atoms with Crippen LogP contribution in [0.2, 0.25) is 0 Å². The fourth-order valence-electron chi connectivity index (χ4n) is 3.17. The van der Waals surface area contributed by atoms with Crippen LogP contribution in [-0.2, 0) is 6.54 Å². The average Bonchev–Trinajstić information content (AvgIpc) is 2.56. The van der Waals surface area contributed by atoms with Crippen molar-refractivity contribution in [3.8, 4) is 6.07 Å². The Labute approximate surface area is 110 Å². The third-order valence-electron chi connectivity index (χ3n) is 4.69. The van der Waals surface area contributed by atoms with Gasteiger partial charge in [-0.15, -0.1) is 0 Å². The number of rotatable bonds is 2. The maximum absolute atomic E-state index is 9.15. The Morgan fingerprint density at radius 3 is 2.56 bits per heavy atom. The Bertz CT molecular complexity index is 479. The van der Waals surface area contributed by atoms with E-state index in [9.17, 15) is 0 Å². The molecule has 1 saturated carbocycles. The molecule has 98 valence electrons. The second kappa shape index (κ2) is 5.06. The van der Waals surface area contributed by atoms with E-state index < -0.39 is 0 Å². The number of nitrogen functional groups attached to an aromatic ring is 1. The molecule has 1 fully saturated rings. The van der Waals surface area contributed by atoms with Gasteiger partial charge < -0.3 is 10.3 Å². The lowest BCUT2D eigenvalue weighted by Crippen LogP contribution is -2.23. The van der Waals surface area contributed by atoms with Crippen LogP contribution in [0.1, 0.15) is 49.4 Å². The van der Waals surface area contributed by atoms with Crippen molar-refractivity contribution in [2.24, 2.45) is 11.8 Å². The molecule has 1 aromatic rings. The summed E-state index contributed by atoms with van der Waals surface area (Å²) in [5.41, 5.74) is 8.98. The number of anilines is 1. The monoisotopic (exact) mass is 245 g/mol. The molecule has 2 atom stereocenters. The van der Waals surface area contributed by atoms with Gasteiger partial charge in [-0.2, -0.15) is 5.26 Å². The standard InChI is InChI=1S/C15H23N3/c1-10-6-4-5-7-13(10)9-18-12(3)11(2)14(8-16)15(18)17/h10,13H,4-7,9,17H2,1-3H3. The van der Waals surface area contributed by atoms with Crippen molar-refractivity contribution in [3.05, 3.63) is 16.8 Å². The minimum absolute atomic E-state index is 0.658. The van der Waals surface area contributed by atoms with Gasteiger partial charge in [-0.25, -0.2) is 0 Å². The molecule has 2 unspecified atom stereocenters. The van der Waals surface area contributed by atoms with Gasteiger partial charge in [-0.3, -0.25) is 0 Å². The van der Waals surface area contributed by atoms with E-state index in [2.05, 4.69) is 24.5 Å². The quantitative estimate of drug-likeness (QED) is 0.868. The molecule has 0 spiro atoms. The lowest BCUT2D eigenvalue weighted by Gasteiger charge is -2.29. The number of hydrogen-bond acceptors (Lipinski definition) is 2. The zero-order valence-electron chi connectivity index (χ0n) is 11.7. The molecule has 0 bridgehead atoms. The summed E-state index contributed by atoms with van der Waals surface area (Å²) in [6, 6.07) is 2.23. The maximum atomic E-state index is 9.15. The zero-order valence-corrected chi connectivity index (χ0v) is 11.7. The second-order valence-electron chi connectivity index (χ2n) is 5.71. The Balaban J connectivity index is 2.27. The van der Waals surface area contributed by atoms with Crippen molar-refractivity contribution in [2.45, 2.75) is 53.0 Å². The summed E-state index contributed by atoms with van der Waals surface area (Å²) in [5, 5.41) is 9.15. The van der Waals surface area contributed by atoms with Gasteiger partial charge in [0.1, 0.15) is 11.9 Å². The van der Waals surface area contributed by atoms with Crippen LogP contribution in [0, 0.1) is 37.0 Å². The van der Waals surface area contributed by atoms with Crippen LogP contribution < -0.4 is 5.73 Å². The minimum atomic E-state index is 0.658. The van der Waals surface area contributed by atoms with Gasteiger partial charge in [0, 0.05) is 12.2 Å². The molecule has 3 nitrogen and oxygen atoms in total. The SMILES string of the molecule is Cc1c(C#N)c(N)n(CC2CCCCC2C)c1C. The second-order valence-corrected chi connectivity index (χ2v) is 5.71. The number of nitrogens with two attached hydrogens (primary N) is 1. The van der Waals surface area contributed by atoms with Gasteiger partial charge in [-0.05, 0) is 37.7 Å². The minimum Gasteiger partial charge on any atom is -0.384 e. The van der Waals surface area contributed by atoms with E-state index >= 15 is 0 Å². The van der Waals surface area contributed by atoms with Crippen LogP contribution >= 0.6 is 0 Å². The van der Waals surface area contributed by atoms with E-state index in [0.717, 1.165) is 23.7 Å². The van der Waals surface area contributed by atoms with E-state index in [1.807, 2.05) is 6.92 Å². The largest absolute Gasteiger partial charge is 0.384 e. The van der Waals surface area contributed by atoms with Gasteiger partial charge in [-0.1, -0.05) is 26.2 Å². The summed E-state index contributed by atoms with van der Waals surface area (Å²) >= 11 is 0. The van der Waals surface area contributed by atoms with Crippen LogP contribution in [0.5, 0.6) is 0 Å². The number of nitriles is 1. The van der Waals surface area contributed by atoms with Crippen molar-refractivity contribution in [1.29, 1.82) is 5.26 Å². The molecule has 1 heterocycles. The molecular formula is C15H23N3. The topological polar surface area (TPSA) is 54.7 Å². The number of hydrogen-bond donors (Lipinski definition) is 1. The van der Waals surface area contributed by atoms with Crippen molar-refractivity contribution in [3.63, 3.8) is 0 Å². The highest BCUT2D eigenvalue weighted by Crippen LogP contribution is 2.33. The first-order valence-corrected chi connectivity index (χ1v) is 6.91. The summed E-state index contributed by atoms with van der Waals surface area (Å²) in [4.78, 5) is 0. The zero-order chi connectivity index (χ0) is 13.3. The van der Waals surface area contributed by atoms with E-state index in [4.69, 9.17) is 11.0 Å². The molecular weight excluding hydrogens is 222 g/mol. The van der Waals surface area contributed by atoms with E-state index in [-0.39, 0.29) is 0 Å². The van der Waals surface area contributed by atoms with Crippen molar-refractivity contribution < 1.29 is 0 Å². The maximum Gasteiger partial charge on any atom is 0.122 e. The number of aromatic nitrogens is 1. The van der Waals surface area contributed by atoms with E-state index in [0.29, 0.717) is 17.3 Å². The Kier molecular flexibility index (Phi) is 3.65. The molecule has 1 aliphatic rings. The smallest absolute Gasteiger partial charge is 0.122 e. The van der Waals surface area contributed by atoms with Crippen LogP contribution in [0.15, 0.2) is 0 Å². The Morgan fingerprint density at radius 1 is 1.33 bits per heavy atom. The summed E-state index contributed by atoms with van der Waals surface area (Å²) in [6.07, 6.45) is 5.31. The van der Waals surface area contributed by atoms with Gasteiger partial charge in [0.25, 0.3) is 0 Å². The predicted molar refractivity (Wildman–Crippen MR) is 74.2 cm³/mol. The van der Waals surface area contributed by atoms with Crippen molar-refractivity contribution in [1.82, 2.24) is 4.57 Å². The van der Waals surface area contributed by atoms with Crippen molar-refractivity contribution in [2.75, 3.05) is 5.73 Å². The van der Waals surface area contributed by atoms with E-state index in [1.54, 1.807) is 0 Å². The molecule has 0 aromatic carbocycles. The molecule has 0 amide bonds. The van der Waals surface area contributed by atoms with Crippen LogP contribution in [0.3, 0.4) is 0 Å². The Morgan fingerprint density at radius 2 is 2.00 bits per heavy atom. The molecule has 2 rings (SSSR count). The van der Waals surface area contributed by atoms with Crippen LogP contribution in [0.4, 0.5) is 5.82 Å². The predicted octanol–water partition coefficient (Wildman–Crippen LogP) is 3.39. The Hall–Kier alpha value is -1.43. The lowest BCUT2D eigenvalue weighted by molar-refractivity contribution is 0.228.